The van der Waals surface area contributed by atoms with Gasteiger partial charge in [-0.1, -0.05) is 30.3 Å². The van der Waals surface area contributed by atoms with Crippen molar-refractivity contribution in [2.24, 2.45) is 0 Å². The van der Waals surface area contributed by atoms with E-state index in [4.69, 9.17) is 18.6 Å². The zero-order chi connectivity index (χ0) is 22.3. The molecule has 0 spiro atoms. The molecule has 1 amide bonds. The molecule has 7 nitrogen and oxygen atoms in total. The molecule has 164 valence electrons. The molecule has 4 aromatic rings. The fourth-order valence-corrected chi connectivity index (χ4v) is 4.01. The number of furan rings is 1. The van der Waals surface area contributed by atoms with E-state index >= 15 is 0 Å². The van der Waals surface area contributed by atoms with E-state index in [1.807, 2.05) is 36.4 Å². The molecule has 0 unspecified atom stereocenters. The van der Waals surface area contributed by atoms with Crippen molar-refractivity contribution in [3.63, 3.8) is 0 Å². The summed E-state index contributed by atoms with van der Waals surface area (Å²) in [5, 5.41) is 3.58. The summed E-state index contributed by atoms with van der Waals surface area (Å²) in [7, 11) is 3.17. The highest BCUT2D eigenvalue weighted by Gasteiger charge is 2.22. The summed E-state index contributed by atoms with van der Waals surface area (Å²) in [4.78, 5) is 18.4. The lowest BCUT2D eigenvalue weighted by Crippen LogP contribution is -2.12. The van der Waals surface area contributed by atoms with E-state index in [1.165, 1.54) is 11.3 Å². The summed E-state index contributed by atoms with van der Waals surface area (Å²) in [6.07, 6.45) is 1.58. The number of methoxy groups -OCH3 is 2. The van der Waals surface area contributed by atoms with Gasteiger partial charge in [-0.2, -0.15) is 0 Å². The van der Waals surface area contributed by atoms with Crippen LogP contribution in [0.1, 0.15) is 9.67 Å². The molecule has 2 heterocycles. The molecular weight excluding hydrogens is 428 g/mol. The maximum absolute atomic E-state index is 13.3. The summed E-state index contributed by atoms with van der Waals surface area (Å²) < 4.78 is 21.6. The quantitative estimate of drug-likeness (QED) is 0.346. The number of hydrogen-bond acceptors (Lipinski definition) is 7. The van der Waals surface area contributed by atoms with Gasteiger partial charge in [0.05, 0.1) is 25.7 Å². The largest absolute Gasteiger partial charge is 0.493 e. The second-order valence-corrected chi connectivity index (χ2v) is 7.70. The van der Waals surface area contributed by atoms with E-state index in [-0.39, 0.29) is 5.91 Å². The van der Waals surface area contributed by atoms with Crippen LogP contribution in [0, 0.1) is 0 Å². The van der Waals surface area contributed by atoms with Crippen molar-refractivity contribution in [2.75, 3.05) is 32.8 Å². The first-order chi connectivity index (χ1) is 15.7. The van der Waals surface area contributed by atoms with Crippen LogP contribution < -0.4 is 14.8 Å². The van der Waals surface area contributed by atoms with Crippen molar-refractivity contribution in [1.29, 1.82) is 0 Å². The smallest absolute Gasteiger partial charge is 0.268 e. The Morgan fingerprint density at radius 3 is 2.59 bits per heavy atom. The number of anilines is 1. The number of hydrogen-bond donors (Lipinski definition) is 1. The lowest BCUT2D eigenvalue weighted by molar-refractivity contribution is 0.103. The normalized spacial score (nSPS) is 10.7. The van der Waals surface area contributed by atoms with E-state index in [2.05, 4.69) is 10.3 Å². The van der Waals surface area contributed by atoms with Crippen molar-refractivity contribution < 1.29 is 23.4 Å². The Hall–Kier alpha value is -3.62. The van der Waals surface area contributed by atoms with Crippen molar-refractivity contribution in [2.45, 2.75) is 0 Å². The highest BCUT2D eigenvalue weighted by Crippen LogP contribution is 2.35. The number of nitrogens with zero attached hydrogens (tertiary/aromatic N) is 1. The summed E-state index contributed by atoms with van der Waals surface area (Å²) >= 11 is 1.28. The SMILES string of the molecule is COCCOc1cc(NC(=O)c2sc(-c3ccco3)nc2-c2ccccc2)ccc1OC. The Balaban J connectivity index is 1.64. The molecule has 0 aliphatic carbocycles. The van der Waals surface area contributed by atoms with Crippen LogP contribution in [0.3, 0.4) is 0 Å². The van der Waals surface area contributed by atoms with Gasteiger partial charge in [0.25, 0.3) is 5.91 Å². The molecule has 0 aliphatic heterocycles. The third-order valence-electron chi connectivity index (χ3n) is 4.58. The third kappa shape index (κ3) is 4.82. The molecule has 0 saturated carbocycles. The summed E-state index contributed by atoms with van der Waals surface area (Å²) in [5.41, 5.74) is 2.03. The zero-order valence-corrected chi connectivity index (χ0v) is 18.5. The lowest BCUT2D eigenvalue weighted by Gasteiger charge is -2.12. The van der Waals surface area contributed by atoms with Gasteiger partial charge in [-0.3, -0.25) is 4.79 Å². The minimum Gasteiger partial charge on any atom is -0.493 e. The van der Waals surface area contributed by atoms with Crippen LogP contribution in [-0.4, -0.2) is 38.3 Å². The minimum absolute atomic E-state index is 0.271. The standard InChI is InChI=1S/C24H22N2O5S/c1-28-13-14-31-20-15-17(10-11-18(20)29-2)25-23(27)22-21(16-7-4-3-5-8-16)26-24(32-22)19-9-6-12-30-19/h3-12,15H,13-14H2,1-2H3,(H,25,27). The molecule has 0 fully saturated rings. The number of thiazole rings is 1. The first-order valence-corrected chi connectivity index (χ1v) is 10.7. The van der Waals surface area contributed by atoms with Crippen molar-refractivity contribution in [3.05, 3.63) is 71.8 Å². The van der Waals surface area contributed by atoms with Gasteiger partial charge in [0.15, 0.2) is 22.3 Å². The van der Waals surface area contributed by atoms with Crippen molar-refractivity contribution in [3.8, 4) is 33.5 Å². The van der Waals surface area contributed by atoms with E-state index in [1.54, 1.807) is 44.7 Å². The van der Waals surface area contributed by atoms with Crippen LogP contribution in [0.2, 0.25) is 0 Å². The maximum Gasteiger partial charge on any atom is 0.268 e. The fraction of sp³-hybridized carbons (Fsp3) is 0.167. The van der Waals surface area contributed by atoms with Gasteiger partial charge in [-0.05, 0) is 24.3 Å². The second-order valence-electron chi connectivity index (χ2n) is 6.70. The van der Waals surface area contributed by atoms with Gasteiger partial charge in [-0.15, -0.1) is 11.3 Å². The molecule has 0 radical (unpaired) electrons. The van der Waals surface area contributed by atoms with Gasteiger partial charge in [-0.25, -0.2) is 4.98 Å². The third-order valence-corrected chi connectivity index (χ3v) is 5.65. The number of rotatable bonds is 9. The van der Waals surface area contributed by atoms with E-state index in [0.717, 1.165) is 5.56 Å². The van der Waals surface area contributed by atoms with Gasteiger partial charge < -0.3 is 23.9 Å². The van der Waals surface area contributed by atoms with Crippen molar-refractivity contribution in [1.82, 2.24) is 4.98 Å². The predicted molar refractivity (Wildman–Crippen MR) is 124 cm³/mol. The maximum atomic E-state index is 13.3. The second kappa shape index (κ2) is 10.1. The molecule has 0 atom stereocenters. The molecule has 0 aliphatic rings. The number of carbonyl (C=O) groups excluding carboxylic acids is 1. The molecular formula is C24H22N2O5S. The number of aromatic nitrogens is 1. The average Bonchev–Trinajstić information content (AvgIpc) is 3.50. The van der Waals surface area contributed by atoms with Gasteiger partial charge in [0, 0.05) is 24.4 Å². The van der Waals surface area contributed by atoms with E-state index in [9.17, 15) is 4.79 Å². The molecule has 1 N–H and O–H groups in total. The Bertz CT molecular complexity index is 1170. The van der Waals surface area contributed by atoms with E-state index < -0.39 is 0 Å². The van der Waals surface area contributed by atoms with Gasteiger partial charge >= 0.3 is 0 Å². The summed E-state index contributed by atoms with van der Waals surface area (Å²) in [6, 6.07) is 18.4. The van der Waals surface area contributed by atoms with Crippen LogP contribution in [-0.2, 0) is 4.74 Å². The number of benzene rings is 2. The molecule has 0 saturated heterocycles. The van der Waals surface area contributed by atoms with Gasteiger partial charge in [0.1, 0.15) is 11.5 Å². The van der Waals surface area contributed by atoms with Crippen LogP contribution in [0.15, 0.2) is 71.3 Å². The number of carbonyl (C=O) groups is 1. The molecule has 2 aromatic heterocycles. The first kappa shape index (κ1) is 21.6. The number of amides is 1. The Morgan fingerprint density at radius 2 is 1.88 bits per heavy atom. The fourth-order valence-electron chi connectivity index (χ4n) is 3.06. The van der Waals surface area contributed by atoms with E-state index in [0.29, 0.717) is 51.7 Å². The lowest BCUT2D eigenvalue weighted by atomic mass is 10.1. The summed E-state index contributed by atoms with van der Waals surface area (Å²) in [5.74, 6) is 1.44. The molecule has 0 bridgehead atoms. The van der Waals surface area contributed by atoms with Crippen LogP contribution >= 0.6 is 11.3 Å². The van der Waals surface area contributed by atoms with Crippen molar-refractivity contribution >= 4 is 22.9 Å². The molecule has 4 rings (SSSR count). The minimum atomic E-state index is -0.271. The topological polar surface area (TPSA) is 82.8 Å². The number of nitrogens with one attached hydrogen (secondary N) is 1. The average molecular weight is 451 g/mol. The highest BCUT2D eigenvalue weighted by atomic mass is 32.1. The predicted octanol–water partition coefficient (Wildman–Crippen LogP) is 5.36. The first-order valence-electron chi connectivity index (χ1n) is 9.91. The zero-order valence-electron chi connectivity index (χ0n) is 17.7. The summed E-state index contributed by atoms with van der Waals surface area (Å²) in [6.45, 7) is 0.806. The molecule has 8 heteroatoms. The van der Waals surface area contributed by atoms with Gasteiger partial charge in [0.2, 0.25) is 0 Å². The monoisotopic (exact) mass is 450 g/mol. The van der Waals surface area contributed by atoms with Crippen LogP contribution in [0.5, 0.6) is 11.5 Å². The Labute approximate surface area is 189 Å². The Kier molecular flexibility index (Phi) is 6.84. The number of ether oxygens (including phenoxy) is 3. The Morgan fingerprint density at radius 1 is 1.03 bits per heavy atom. The molecule has 2 aromatic carbocycles. The van der Waals surface area contributed by atoms with Crippen LogP contribution in [0.4, 0.5) is 5.69 Å². The molecule has 32 heavy (non-hydrogen) atoms. The van der Waals surface area contributed by atoms with Crippen LogP contribution in [0.25, 0.3) is 22.0 Å². The highest BCUT2D eigenvalue weighted by molar-refractivity contribution is 7.17.